The molecule has 1 saturated carbocycles. The third-order valence-corrected chi connectivity index (χ3v) is 3.28. The molecule has 4 heteroatoms. The third-order valence-electron chi connectivity index (χ3n) is 3.28. The number of nitrogens with one attached hydrogen (secondary N) is 1. The molecule has 3 rings (SSSR count). The average molecular weight is 161 g/mol. The van der Waals surface area contributed by atoms with Crippen LogP contribution in [0.1, 0.15) is 6.42 Å². The van der Waals surface area contributed by atoms with E-state index in [9.17, 15) is 8.78 Å². The fourth-order valence-corrected chi connectivity index (χ4v) is 2.63. The van der Waals surface area contributed by atoms with Gasteiger partial charge in [-0.05, 0) is 0 Å². The van der Waals surface area contributed by atoms with Crippen molar-refractivity contribution in [3.05, 3.63) is 0 Å². The molecular weight excluding hydrogens is 152 g/mol. The Bertz CT molecular complexity index is 220. The number of ether oxygens (including phenoxy) is 1. The monoisotopic (exact) mass is 161 g/mol. The van der Waals surface area contributed by atoms with Crippen molar-refractivity contribution in [1.82, 2.24) is 5.32 Å². The molecule has 1 spiro atoms. The number of alkyl halides is 2. The van der Waals surface area contributed by atoms with Gasteiger partial charge in [-0.15, -0.1) is 0 Å². The normalized spacial score (nSPS) is 57.3. The van der Waals surface area contributed by atoms with Crippen LogP contribution in [0.25, 0.3) is 0 Å². The summed E-state index contributed by atoms with van der Waals surface area (Å²) in [5.41, 5.74) is -0.177. The summed E-state index contributed by atoms with van der Waals surface area (Å²) >= 11 is 0. The maximum absolute atomic E-state index is 12.7. The third kappa shape index (κ3) is 0.489. The Balaban J connectivity index is 1.89. The van der Waals surface area contributed by atoms with Gasteiger partial charge in [-0.3, -0.25) is 0 Å². The molecule has 0 aromatic rings. The first kappa shape index (κ1) is 6.31. The van der Waals surface area contributed by atoms with Gasteiger partial charge >= 0.3 is 0 Å². The molecular formula is C7H9F2NO. The van der Waals surface area contributed by atoms with Gasteiger partial charge in [0.25, 0.3) is 5.92 Å². The van der Waals surface area contributed by atoms with E-state index in [2.05, 4.69) is 5.32 Å². The Morgan fingerprint density at radius 3 is 2.82 bits per heavy atom. The van der Waals surface area contributed by atoms with Crippen molar-refractivity contribution in [2.45, 2.75) is 24.4 Å². The van der Waals surface area contributed by atoms with Crippen molar-refractivity contribution in [3.63, 3.8) is 0 Å². The Hall–Kier alpha value is -0.220. The Morgan fingerprint density at radius 2 is 2.27 bits per heavy atom. The van der Waals surface area contributed by atoms with E-state index in [1.165, 1.54) is 0 Å². The summed E-state index contributed by atoms with van der Waals surface area (Å²) in [6, 6.07) is -0.366. The van der Waals surface area contributed by atoms with Crippen LogP contribution in [0.2, 0.25) is 0 Å². The molecule has 1 N–H and O–H groups in total. The number of halogens is 2. The van der Waals surface area contributed by atoms with Crippen LogP contribution >= 0.6 is 0 Å². The van der Waals surface area contributed by atoms with Crippen molar-refractivity contribution >= 4 is 0 Å². The molecule has 11 heavy (non-hydrogen) atoms. The first-order chi connectivity index (χ1) is 5.15. The minimum atomic E-state index is -2.47. The summed E-state index contributed by atoms with van der Waals surface area (Å²) in [4.78, 5) is 0. The highest BCUT2D eigenvalue weighted by molar-refractivity contribution is 5.26. The summed E-state index contributed by atoms with van der Waals surface area (Å²) in [7, 11) is 0. The van der Waals surface area contributed by atoms with Crippen molar-refractivity contribution in [1.29, 1.82) is 0 Å². The zero-order valence-electron chi connectivity index (χ0n) is 5.94. The van der Waals surface area contributed by atoms with Crippen LogP contribution in [0.15, 0.2) is 0 Å². The van der Waals surface area contributed by atoms with E-state index < -0.39 is 12.0 Å². The lowest BCUT2D eigenvalue weighted by Gasteiger charge is -2.64. The first-order valence-electron chi connectivity index (χ1n) is 3.87. The van der Waals surface area contributed by atoms with E-state index >= 15 is 0 Å². The molecule has 1 aliphatic carbocycles. The minimum Gasteiger partial charge on any atom is -0.379 e. The quantitative estimate of drug-likeness (QED) is 0.554. The van der Waals surface area contributed by atoms with E-state index in [0.29, 0.717) is 13.2 Å². The van der Waals surface area contributed by atoms with Crippen LogP contribution < -0.4 is 5.32 Å². The van der Waals surface area contributed by atoms with Gasteiger partial charge in [0.2, 0.25) is 0 Å². The van der Waals surface area contributed by atoms with Crippen molar-refractivity contribution in [2.24, 2.45) is 5.41 Å². The largest absolute Gasteiger partial charge is 0.379 e. The van der Waals surface area contributed by atoms with Gasteiger partial charge in [0.05, 0.1) is 19.3 Å². The lowest BCUT2D eigenvalue weighted by Crippen LogP contribution is -2.83. The summed E-state index contributed by atoms with van der Waals surface area (Å²) < 4.78 is 30.7. The van der Waals surface area contributed by atoms with Gasteiger partial charge in [-0.25, -0.2) is 8.78 Å². The maximum Gasteiger partial charge on any atom is 0.264 e. The number of hydrogen-bond acceptors (Lipinski definition) is 2. The highest BCUT2D eigenvalue weighted by Crippen LogP contribution is 2.61. The van der Waals surface area contributed by atoms with Gasteiger partial charge in [0.1, 0.15) is 0 Å². The smallest absolute Gasteiger partial charge is 0.264 e. The molecule has 2 aliphatic heterocycles. The van der Waals surface area contributed by atoms with Gasteiger partial charge in [-0.1, -0.05) is 0 Å². The molecule has 62 valence electrons. The number of hydrogen-bond donors (Lipinski definition) is 1. The van der Waals surface area contributed by atoms with E-state index in [4.69, 9.17) is 4.74 Å². The fourth-order valence-electron chi connectivity index (χ4n) is 2.63. The van der Waals surface area contributed by atoms with E-state index in [-0.39, 0.29) is 17.9 Å². The standard InChI is InChI=1S/C7H9F2NO/c8-7(9)2-6-3-11-1-4(6)10-5(6)7/h4-5,10H,1-3H2. The van der Waals surface area contributed by atoms with Crippen molar-refractivity contribution < 1.29 is 13.5 Å². The molecule has 0 radical (unpaired) electrons. The van der Waals surface area contributed by atoms with Crippen LogP contribution in [0, 0.1) is 5.41 Å². The second kappa shape index (κ2) is 1.45. The highest BCUT2D eigenvalue weighted by Gasteiger charge is 2.76. The Kier molecular flexibility index (Phi) is 0.834. The van der Waals surface area contributed by atoms with Gasteiger partial charge in [-0.2, -0.15) is 0 Å². The summed E-state index contributed by atoms with van der Waals surface area (Å²) in [5.74, 6) is -2.47. The topological polar surface area (TPSA) is 21.3 Å². The summed E-state index contributed by atoms with van der Waals surface area (Å²) in [6.07, 6.45) is 0.0301. The minimum absolute atomic E-state index is 0.0301. The molecule has 2 nitrogen and oxygen atoms in total. The predicted octanol–water partition coefficient (Wildman–Crippen LogP) is 0.382. The summed E-state index contributed by atoms with van der Waals surface area (Å²) in [6.45, 7) is 1.15. The average Bonchev–Trinajstić information content (AvgIpc) is 2.20. The first-order valence-corrected chi connectivity index (χ1v) is 3.87. The van der Waals surface area contributed by atoms with E-state index in [0.717, 1.165) is 0 Å². The van der Waals surface area contributed by atoms with Crippen LogP contribution in [-0.4, -0.2) is 31.2 Å². The molecule has 0 aromatic carbocycles. The SMILES string of the molecule is FC1(F)CC23COCC2NC13. The van der Waals surface area contributed by atoms with Crippen molar-refractivity contribution in [2.75, 3.05) is 13.2 Å². The molecule has 3 unspecified atom stereocenters. The van der Waals surface area contributed by atoms with Crippen LogP contribution in [0.5, 0.6) is 0 Å². The van der Waals surface area contributed by atoms with E-state index in [1.807, 2.05) is 0 Å². The molecule has 3 aliphatic rings. The maximum atomic E-state index is 12.7. The lowest BCUT2D eigenvalue weighted by molar-refractivity contribution is -0.247. The van der Waals surface area contributed by atoms with Gasteiger partial charge in [0, 0.05) is 17.9 Å². The van der Waals surface area contributed by atoms with Crippen LogP contribution in [0.3, 0.4) is 0 Å². The Morgan fingerprint density at radius 1 is 1.45 bits per heavy atom. The van der Waals surface area contributed by atoms with Gasteiger partial charge in [0.15, 0.2) is 0 Å². The molecule has 3 atom stereocenters. The number of rotatable bonds is 0. The summed E-state index contributed by atoms with van der Waals surface area (Å²) in [5, 5.41) is 2.85. The van der Waals surface area contributed by atoms with Crippen LogP contribution in [0.4, 0.5) is 8.78 Å². The lowest BCUT2D eigenvalue weighted by atomic mass is 9.53. The van der Waals surface area contributed by atoms with Crippen molar-refractivity contribution in [3.8, 4) is 0 Å². The van der Waals surface area contributed by atoms with E-state index in [1.54, 1.807) is 0 Å². The molecule has 0 bridgehead atoms. The zero-order chi connectivity index (χ0) is 7.69. The fraction of sp³-hybridized carbons (Fsp3) is 1.00. The Labute approximate surface area is 62.9 Å². The second-order valence-electron chi connectivity index (χ2n) is 3.84. The molecule has 3 fully saturated rings. The highest BCUT2D eigenvalue weighted by atomic mass is 19.3. The predicted molar refractivity (Wildman–Crippen MR) is 33.5 cm³/mol. The molecule has 2 saturated heterocycles. The van der Waals surface area contributed by atoms with Gasteiger partial charge < -0.3 is 10.1 Å². The zero-order valence-corrected chi connectivity index (χ0v) is 5.94. The molecule has 0 amide bonds. The van der Waals surface area contributed by atoms with Crippen LogP contribution in [-0.2, 0) is 4.74 Å². The molecule has 0 aromatic heterocycles. The number of piperidine rings is 1. The molecule has 2 heterocycles. The second-order valence-corrected chi connectivity index (χ2v) is 3.84.